The molecule has 0 heterocycles. The van der Waals surface area contributed by atoms with E-state index >= 15 is 0 Å². The molecule has 0 aliphatic carbocycles. The van der Waals surface area contributed by atoms with Gasteiger partial charge >= 0.3 is 0 Å². The molecule has 0 aromatic heterocycles. The van der Waals surface area contributed by atoms with Crippen LogP contribution < -0.4 is 10.9 Å². The molecule has 3 heteroatoms. The first kappa shape index (κ1) is 13.2. The molecule has 0 bridgehead atoms. The van der Waals surface area contributed by atoms with E-state index in [1.54, 1.807) is 0 Å². The van der Waals surface area contributed by atoms with E-state index in [-0.39, 0.29) is 0 Å². The van der Waals surface area contributed by atoms with Crippen LogP contribution in [0.5, 0.6) is 0 Å². The summed E-state index contributed by atoms with van der Waals surface area (Å²) in [6, 6.07) is 8.31. The Labute approximate surface area is 97.9 Å². The lowest BCUT2D eigenvalue weighted by Crippen LogP contribution is -2.45. The van der Waals surface area contributed by atoms with Gasteiger partial charge in [0.15, 0.2) is 0 Å². The summed E-state index contributed by atoms with van der Waals surface area (Å²) < 4.78 is 0. The summed E-state index contributed by atoms with van der Waals surface area (Å²) in [5, 5.41) is 10.3. The molecular formula is C13H22N2O. The van der Waals surface area contributed by atoms with Crippen LogP contribution in [0.3, 0.4) is 0 Å². The summed E-state index contributed by atoms with van der Waals surface area (Å²) >= 11 is 0. The fraction of sp³-hybridized carbons (Fsp3) is 0.538. The molecule has 1 rings (SSSR count). The van der Waals surface area contributed by atoms with Crippen LogP contribution in [0, 0.1) is 6.92 Å². The highest BCUT2D eigenvalue weighted by atomic mass is 16.3. The topological polar surface area (TPSA) is 44.3 Å². The average molecular weight is 222 g/mol. The van der Waals surface area contributed by atoms with Gasteiger partial charge in [0.05, 0.1) is 0 Å². The summed E-state index contributed by atoms with van der Waals surface area (Å²) in [6.45, 7) is 8.43. The molecular weight excluding hydrogens is 200 g/mol. The molecule has 0 spiro atoms. The van der Waals surface area contributed by atoms with Crippen molar-refractivity contribution < 1.29 is 5.11 Å². The first-order chi connectivity index (χ1) is 7.42. The smallest absolute Gasteiger partial charge is 0.101 e. The lowest BCUT2D eigenvalue weighted by molar-refractivity contribution is 0.0522. The molecule has 0 radical (unpaired) electrons. The molecule has 0 saturated carbocycles. The van der Waals surface area contributed by atoms with Gasteiger partial charge in [-0.25, -0.2) is 0 Å². The van der Waals surface area contributed by atoms with Crippen LogP contribution in [0.25, 0.3) is 0 Å². The summed E-state index contributed by atoms with van der Waals surface area (Å²) in [7, 11) is 0. The van der Waals surface area contributed by atoms with Gasteiger partial charge in [-0.2, -0.15) is 0 Å². The summed E-state index contributed by atoms with van der Waals surface area (Å²) in [5.41, 5.74) is 7.39. The van der Waals surface area contributed by atoms with Crippen LogP contribution in [0.2, 0.25) is 0 Å². The molecule has 16 heavy (non-hydrogen) atoms. The number of hydrogen-bond donors (Lipinski definition) is 3. The third-order valence-electron chi connectivity index (χ3n) is 2.50. The van der Waals surface area contributed by atoms with E-state index < -0.39 is 5.60 Å². The van der Waals surface area contributed by atoms with Crippen molar-refractivity contribution >= 4 is 0 Å². The minimum Gasteiger partial charge on any atom is -0.384 e. The van der Waals surface area contributed by atoms with Crippen molar-refractivity contribution in [3.63, 3.8) is 0 Å². The van der Waals surface area contributed by atoms with Gasteiger partial charge < -0.3 is 5.11 Å². The Morgan fingerprint density at radius 1 is 1.25 bits per heavy atom. The quantitative estimate of drug-likeness (QED) is 0.664. The Kier molecular flexibility index (Phi) is 4.47. The molecule has 0 aliphatic rings. The fourth-order valence-corrected chi connectivity index (χ4v) is 1.44. The van der Waals surface area contributed by atoms with Crippen LogP contribution in [0.4, 0.5) is 0 Å². The third-order valence-corrected chi connectivity index (χ3v) is 2.50. The molecule has 90 valence electrons. The SMILES string of the molecule is Cc1ccc(C(C)(O)CNNC(C)C)cc1. The maximum atomic E-state index is 10.3. The zero-order valence-corrected chi connectivity index (χ0v) is 10.5. The highest BCUT2D eigenvalue weighted by Gasteiger charge is 2.22. The van der Waals surface area contributed by atoms with Crippen molar-refractivity contribution in [1.82, 2.24) is 10.9 Å². The standard InChI is InChI=1S/C13H22N2O/c1-10(2)15-14-9-13(4,16)12-7-5-11(3)6-8-12/h5-8,10,14-16H,9H2,1-4H3. The van der Waals surface area contributed by atoms with E-state index in [9.17, 15) is 5.11 Å². The van der Waals surface area contributed by atoms with Crippen LogP contribution in [-0.4, -0.2) is 17.7 Å². The summed E-state index contributed by atoms with van der Waals surface area (Å²) in [5.74, 6) is 0. The minimum absolute atomic E-state index is 0.355. The minimum atomic E-state index is -0.852. The Balaban J connectivity index is 2.59. The van der Waals surface area contributed by atoms with Gasteiger partial charge in [-0.15, -0.1) is 0 Å². The Morgan fingerprint density at radius 3 is 2.31 bits per heavy atom. The van der Waals surface area contributed by atoms with E-state index in [0.29, 0.717) is 12.6 Å². The van der Waals surface area contributed by atoms with E-state index in [1.807, 2.05) is 52.0 Å². The molecule has 0 aliphatic heterocycles. The molecule has 1 unspecified atom stereocenters. The Hall–Kier alpha value is -0.900. The largest absolute Gasteiger partial charge is 0.384 e. The van der Waals surface area contributed by atoms with E-state index in [0.717, 1.165) is 5.56 Å². The second-order valence-corrected chi connectivity index (χ2v) is 4.79. The van der Waals surface area contributed by atoms with Crippen LogP contribution in [0.1, 0.15) is 31.9 Å². The van der Waals surface area contributed by atoms with Crippen LogP contribution in [0.15, 0.2) is 24.3 Å². The highest BCUT2D eigenvalue weighted by Crippen LogP contribution is 2.19. The fourth-order valence-electron chi connectivity index (χ4n) is 1.44. The molecule has 1 atom stereocenters. The van der Waals surface area contributed by atoms with Crippen molar-refractivity contribution in [3.8, 4) is 0 Å². The molecule has 0 saturated heterocycles. The van der Waals surface area contributed by atoms with E-state index in [4.69, 9.17) is 0 Å². The van der Waals surface area contributed by atoms with Gasteiger partial charge in [-0.05, 0) is 33.3 Å². The number of hydrogen-bond acceptors (Lipinski definition) is 3. The summed E-state index contributed by atoms with van der Waals surface area (Å²) in [6.07, 6.45) is 0. The normalized spacial score (nSPS) is 15.1. The average Bonchev–Trinajstić information content (AvgIpc) is 2.17. The lowest BCUT2D eigenvalue weighted by atomic mass is 9.95. The van der Waals surface area contributed by atoms with Crippen molar-refractivity contribution in [3.05, 3.63) is 35.4 Å². The van der Waals surface area contributed by atoms with Gasteiger partial charge in [-0.1, -0.05) is 29.8 Å². The van der Waals surface area contributed by atoms with Gasteiger partial charge in [0, 0.05) is 12.6 Å². The molecule has 0 fully saturated rings. The lowest BCUT2D eigenvalue weighted by Gasteiger charge is -2.25. The van der Waals surface area contributed by atoms with Gasteiger partial charge in [0.2, 0.25) is 0 Å². The number of hydrazine groups is 1. The second kappa shape index (κ2) is 5.43. The number of aliphatic hydroxyl groups is 1. The van der Waals surface area contributed by atoms with Crippen molar-refractivity contribution in [2.75, 3.05) is 6.54 Å². The predicted molar refractivity (Wildman–Crippen MR) is 67.0 cm³/mol. The van der Waals surface area contributed by atoms with Crippen LogP contribution in [-0.2, 0) is 5.60 Å². The molecule has 0 amide bonds. The highest BCUT2D eigenvalue weighted by molar-refractivity contribution is 5.26. The van der Waals surface area contributed by atoms with Gasteiger partial charge in [0.25, 0.3) is 0 Å². The molecule has 1 aromatic carbocycles. The monoisotopic (exact) mass is 222 g/mol. The number of nitrogens with one attached hydrogen (secondary N) is 2. The molecule has 3 nitrogen and oxygen atoms in total. The van der Waals surface area contributed by atoms with Crippen LogP contribution >= 0.6 is 0 Å². The van der Waals surface area contributed by atoms with Gasteiger partial charge in [-0.3, -0.25) is 10.9 Å². The maximum absolute atomic E-state index is 10.3. The number of rotatable bonds is 5. The Bertz CT molecular complexity index is 317. The molecule has 1 aromatic rings. The summed E-state index contributed by atoms with van der Waals surface area (Å²) in [4.78, 5) is 0. The van der Waals surface area contributed by atoms with Crippen molar-refractivity contribution in [1.29, 1.82) is 0 Å². The third kappa shape index (κ3) is 3.93. The first-order valence-corrected chi connectivity index (χ1v) is 5.70. The van der Waals surface area contributed by atoms with E-state index in [2.05, 4.69) is 10.9 Å². The van der Waals surface area contributed by atoms with E-state index in [1.165, 1.54) is 5.56 Å². The van der Waals surface area contributed by atoms with Crippen molar-refractivity contribution in [2.24, 2.45) is 0 Å². The Morgan fingerprint density at radius 2 is 1.81 bits per heavy atom. The maximum Gasteiger partial charge on any atom is 0.101 e. The number of benzene rings is 1. The van der Waals surface area contributed by atoms with Crippen molar-refractivity contribution in [2.45, 2.75) is 39.3 Å². The number of aryl methyl sites for hydroxylation is 1. The van der Waals surface area contributed by atoms with Gasteiger partial charge in [0.1, 0.15) is 5.60 Å². The molecule has 3 N–H and O–H groups in total. The second-order valence-electron chi connectivity index (χ2n) is 4.79. The zero-order chi connectivity index (χ0) is 12.2. The first-order valence-electron chi connectivity index (χ1n) is 5.70. The zero-order valence-electron chi connectivity index (χ0n) is 10.5. The predicted octanol–water partition coefficient (Wildman–Crippen LogP) is 1.71.